The molecule has 112 valence electrons. The summed E-state index contributed by atoms with van der Waals surface area (Å²) in [6.07, 6.45) is -0.625. The number of amides is 1. The molecule has 0 bridgehead atoms. The summed E-state index contributed by atoms with van der Waals surface area (Å²) >= 11 is 0. The molecule has 5 nitrogen and oxygen atoms in total. The fourth-order valence-corrected chi connectivity index (χ4v) is 1.64. The quantitative estimate of drug-likeness (QED) is 0.701. The van der Waals surface area contributed by atoms with Crippen molar-refractivity contribution >= 4 is 5.91 Å². The molecule has 1 amide bonds. The highest BCUT2D eigenvalue weighted by Gasteiger charge is 2.13. The van der Waals surface area contributed by atoms with Crippen LogP contribution in [0.4, 0.5) is 0 Å². The third-order valence-corrected chi connectivity index (χ3v) is 2.91. The van der Waals surface area contributed by atoms with Gasteiger partial charge >= 0.3 is 0 Å². The molecule has 0 aliphatic carbocycles. The van der Waals surface area contributed by atoms with E-state index in [4.69, 9.17) is 10.5 Å². The number of carbonyl (C=O) groups is 1. The molecule has 0 saturated heterocycles. The van der Waals surface area contributed by atoms with Crippen LogP contribution in [0.1, 0.15) is 32.4 Å². The first-order chi connectivity index (χ1) is 9.43. The van der Waals surface area contributed by atoms with Crippen LogP contribution in [0, 0.1) is 5.92 Å². The lowest BCUT2D eigenvalue weighted by molar-refractivity contribution is -0.124. The van der Waals surface area contributed by atoms with Crippen LogP contribution in [0.2, 0.25) is 0 Å². The standard InChI is InChI=1S/C15H24N2O3/c1-10(2)20-13-6-4-12(5-7-13)14(18)9-17-15(19)11(3)8-16/h4-7,10-11,14,18H,8-9,16H2,1-3H3,(H,17,19). The van der Waals surface area contributed by atoms with Gasteiger partial charge in [-0.15, -0.1) is 0 Å². The monoisotopic (exact) mass is 280 g/mol. The van der Waals surface area contributed by atoms with Gasteiger partial charge in [0.25, 0.3) is 0 Å². The van der Waals surface area contributed by atoms with Gasteiger partial charge in [0.1, 0.15) is 5.75 Å². The molecule has 0 aromatic heterocycles. The van der Waals surface area contributed by atoms with Crippen LogP contribution < -0.4 is 15.8 Å². The highest BCUT2D eigenvalue weighted by molar-refractivity contribution is 5.78. The maximum atomic E-state index is 11.6. The van der Waals surface area contributed by atoms with Crippen molar-refractivity contribution in [3.8, 4) is 5.75 Å². The third kappa shape index (κ3) is 5.19. The molecule has 0 heterocycles. The number of hydrogen-bond donors (Lipinski definition) is 3. The zero-order valence-electron chi connectivity index (χ0n) is 12.3. The van der Waals surface area contributed by atoms with Crippen molar-refractivity contribution in [1.29, 1.82) is 0 Å². The number of rotatable bonds is 7. The number of nitrogens with two attached hydrogens (primary N) is 1. The van der Waals surface area contributed by atoms with Gasteiger partial charge in [0.15, 0.2) is 0 Å². The molecule has 4 N–H and O–H groups in total. The Morgan fingerprint density at radius 3 is 2.40 bits per heavy atom. The number of nitrogens with one attached hydrogen (secondary N) is 1. The third-order valence-electron chi connectivity index (χ3n) is 2.91. The van der Waals surface area contributed by atoms with E-state index in [0.29, 0.717) is 6.54 Å². The molecular formula is C15H24N2O3. The van der Waals surface area contributed by atoms with Gasteiger partial charge < -0.3 is 20.9 Å². The number of benzene rings is 1. The van der Waals surface area contributed by atoms with E-state index < -0.39 is 6.10 Å². The largest absolute Gasteiger partial charge is 0.491 e. The zero-order valence-corrected chi connectivity index (χ0v) is 12.3. The minimum absolute atomic E-state index is 0.114. The van der Waals surface area contributed by atoms with E-state index in [9.17, 15) is 9.90 Å². The van der Waals surface area contributed by atoms with Gasteiger partial charge in [0, 0.05) is 19.0 Å². The molecule has 0 fully saturated rings. The minimum Gasteiger partial charge on any atom is -0.491 e. The summed E-state index contributed by atoms with van der Waals surface area (Å²) in [5.74, 6) is 0.368. The summed E-state index contributed by atoms with van der Waals surface area (Å²) in [7, 11) is 0. The van der Waals surface area contributed by atoms with Crippen LogP contribution >= 0.6 is 0 Å². The Balaban J connectivity index is 2.51. The second-order valence-corrected chi connectivity index (χ2v) is 5.13. The predicted octanol–water partition coefficient (Wildman–Crippen LogP) is 1.22. The van der Waals surface area contributed by atoms with Gasteiger partial charge in [-0.1, -0.05) is 19.1 Å². The minimum atomic E-state index is -0.739. The topological polar surface area (TPSA) is 84.6 Å². The van der Waals surface area contributed by atoms with Crippen LogP contribution in [0.3, 0.4) is 0 Å². The Labute approximate surface area is 120 Å². The molecule has 2 atom stereocenters. The van der Waals surface area contributed by atoms with E-state index in [1.54, 1.807) is 19.1 Å². The van der Waals surface area contributed by atoms with E-state index in [2.05, 4.69) is 5.32 Å². The van der Waals surface area contributed by atoms with Gasteiger partial charge in [-0.25, -0.2) is 0 Å². The lowest BCUT2D eigenvalue weighted by Gasteiger charge is -2.15. The van der Waals surface area contributed by atoms with Crippen LogP contribution in [0.25, 0.3) is 0 Å². The molecular weight excluding hydrogens is 256 g/mol. The fraction of sp³-hybridized carbons (Fsp3) is 0.533. The summed E-state index contributed by atoms with van der Waals surface area (Å²) in [5, 5.41) is 12.7. The molecule has 1 rings (SSSR count). The van der Waals surface area contributed by atoms with Gasteiger partial charge in [-0.05, 0) is 31.5 Å². The molecule has 20 heavy (non-hydrogen) atoms. The molecule has 1 aromatic carbocycles. The smallest absolute Gasteiger partial charge is 0.224 e. The van der Waals surface area contributed by atoms with E-state index in [1.165, 1.54) is 0 Å². The fourth-order valence-electron chi connectivity index (χ4n) is 1.64. The zero-order chi connectivity index (χ0) is 15.1. The van der Waals surface area contributed by atoms with Gasteiger partial charge in [-0.2, -0.15) is 0 Å². The maximum absolute atomic E-state index is 11.6. The van der Waals surface area contributed by atoms with Crippen molar-refractivity contribution in [2.45, 2.75) is 33.0 Å². The van der Waals surface area contributed by atoms with E-state index in [0.717, 1.165) is 11.3 Å². The lowest BCUT2D eigenvalue weighted by atomic mass is 10.1. The number of hydrogen-bond acceptors (Lipinski definition) is 4. The first kappa shape index (κ1) is 16.5. The molecule has 0 radical (unpaired) electrons. The molecule has 1 aromatic rings. The Morgan fingerprint density at radius 2 is 1.90 bits per heavy atom. The second-order valence-electron chi connectivity index (χ2n) is 5.13. The molecule has 5 heteroatoms. The Bertz CT molecular complexity index is 418. The summed E-state index contributed by atoms with van der Waals surface area (Å²) < 4.78 is 5.53. The number of carbonyl (C=O) groups excluding carboxylic acids is 1. The lowest BCUT2D eigenvalue weighted by Crippen LogP contribution is -2.35. The van der Waals surface area contributed by atoms with Crippen molar-refractivity contribution in [3.05, 3.63) is 29.8 Å². The first-order valence-corrected chi connectivity index (χ1v) is 6.86. The maximum Gasteiger partial charge on any atom is 0.224 e. The second kappa shape index (κ2) is 7.87. The number of ether oxygens (including phenoxy) is 1. The molecule has 2 unspecified atom stereocenters. The van der Waals surface area contributed by atoms with Crippen molar-refractivity contribution in [1.82, 2.24) is 5.32 Å². The number of aliphatic hydroxyl groups is 1. The summed E-state index contributed by atoms with van der Waals surface area (Å²) in [4.78, 5) is 11.6. The van der Waals surface area contributed by atoms with E-state index >= 15 is 0 Å². The van der Waals surface area contributed by atoms with Crippen molar-refractivity contribution < 1.29 is 14.6 Å². The van der Waals surface area contributed by atoms with Crippen LogP contribution in [0.5, 0.6) is 5.75 Å². The Kier molecular flexibility index (Phi) is 6.48. The predicted molar refractivity (Wildman–Crippen MR) is 78.4 cm³/mol. The van der Waals surface area contributed by atoms with Crippen molar-refractivity contribution in [3.63, 3.8) is 0 Å². The molecule has 0 aliphatic heterocycles. The summed E-state index contributed by atoms with van der Waals surface area (Å²) in [5.41, 5.74) is 6.15. The molecule has 0 spiro atoms. The van der Waals surface area contributed by atoms with Crippen molar-refractivity contribution in [2.24, 2.45) is 11.7 Å². The SMILES string of the molecule is CC(C)Oc1ccc(C(O)CNC(=O)C(C)CN)cc1. The highest BCUT2D eigenvalue weighted by Crippen LogP contribution is 2.18. The van der Waals surface area contributed by atoms with Gasteiger partial charge in [0.05, 0.1) is 12.2 Å². The normalized spacial score (nSPS) is 13.9. The first-order valence-electron chi connectivity index (χ1n) is 6.86. The van der Waals surface area contributed by atoms with Gasteiger partial charge in [-0.3, -0.25) is 4.79 Å². The highest BCUT2D eigenvalue weighted by atomic mass is 16.5. The van der Waals surface area contributed by atoms with E-state index in [-0.39, 0.29) is 24.5 Å². The average Bonchev–Trinajstić information content (AvgIpc) is 2.43. The molecule has 0 aliphatic rings. The summed E-state index contributed by atoms with van der Waals surface area (Å²) in [6, 6.07) is 7.20. The van der Waals surface area contributed by atoms with Gasteiger partial charge in [0.2, 0.25) is 5.91 Å². The Morgan fingerprint density at radius 1 is 1.30 bits per heavy atom. The Hall–Kier alpha value is -1.59. The van der Waals surface area contributed by atoms with Crippen LogP contribution in [-0.2, 0) is 4.79 Å². The van der Waals surface area contributed by atoms with Crippen LogP contribution in [0.15, 0.2) is 24.3 Å². The average molecular weight is 280 g/mol. The van der Waals surface area contributed by atoms with Crippen LogP contribution in [-0.4, -0.2) is 30.2 Å². The summed E-state index contributed by atoms with van der Waals surface area (Å²) in [6.45, 7) is 6.13. The number of aliphatic hydroxyl groups excluding tert-OH is 1. The van der Waals surface area contributed by atoms with Crippen molar-refractivity contribution in [2.75, 3.05) is 13.1 Å². The molecule has 0 saturated carbocycles. The van der Waals surface area contributed by atoms with E-state index in [1.807, 2.05) is 26.0 Å².